The Morgan fingerprint density at radius 2 is 2.00 bits per heavy atom. The third kappa shape index (κ3) is 4.65. The Bertz CT molecular complexity index is 647. The summed E-state index contributed by atoms with van der Waals surface area (Å²) in [6.45, 7) is 2.02. The van der Waals surface area contributed by atoms with Gasteiger partial charge < -0.3 is 4.74 Å². The van der Waals surface area contributed by atoms with Gasteiger partial charge in [-0.1, -0.05) is 30.3 Å². The van der Waals surface area contributed by atoms with Crippen LogP contribution in [0.25, 0.3) is 10.6 Å². The summed E-state index contributed by atoms with van der Waals surface area (Å²) in [4.78, 5) is 28.1. The molecular weight excluding hydrogens is 286 g/mol. The van der Waals surface area contributed by atoms with Crippen LogP contribution < -0.4 is 0 Å². The molecule has 0 saturated heterocycles. The molecule has 108 valence electrons. The quantitative estimate of drug-likeness (QED) is 0.608. The minimum atomic E-state index is -0.500. The maximum Gasteiger partial charge on any atom is 0.330 e. The minimum Gasteiger partial charge on any atom is -0.463 e. The minimum absolute atomic E-state index is 0.147. The highest BCUT2D eigenvalue weighted by Gasteiger charge is 2.07. The highest BCUT2D eigenvalue weighted by molar-refractivity contribution is 7.15. The molecule has 0 aliphatic rings. The molecule has 0 aliphatic heterocycles. The number of hydrogen-bond acceptors (Lipinski definition) is 5. The Morgan fingerprint density at radius 3 is 2.71 bits per heavy atom. The Kier molecular flexibility index (Phi) is 5.40. The van der Waals surface area contributed by atoms with Crippen molar-refractivity contribution in [1.82, 2.24) is 4.98 Å². The van der Waals surface area contributed by atoms with Crippen LogP contribution >= 0.6 is 11.3 Å². The lowest BCUT2D eigenvalue weighted by atomic mass is 10.2. The van der Waals surface area contributed by atoms with E-state index >= 15 is 0 Å². The lowest BCUT2D eigenvalue weighted by Gasteiger charge is -1.95. The molecule has 0 bridgehead atoms. The number of thiazole rings is 1. The first-order chi connectivity index (χ1) is 10.2. The Hall–Kier alpha value is -2.27. The summed E-state index contributed by atoms with van der Waals surface area (Å²) >= 11 is 1.48. The van der Waals surface area contributed by atoms with Gasteiger partial charge in [0, 0.05) is 29.1 Å². The van der Waals surface area contributed by atoms with E-state index in [9.17, 15) is 9.59 Å². The van der Waals surface area contributed by atoms with E-state index in [0.29, 0.717) is 6.61 Å². The molecule has 1 heterocycles. The van der Waals surface area contributed by atoms with Gasteiger partial charge in [-0.05, 0) is 13.0 Å². The number of benzene rings is 1. The topological polar surface area (TPSA) is 56.3 Å². The lowest BCUT2D eigenvalue weighted by Crippen LogP contribution is -2.02. The normalized spacial score (nSPS) is 10.7. The van der Waals surface area contributed by atoms with Crippen molar-refractivity contribution < 1.29 is 14.3 Å². The van der Waals surface area contributed by atoms with Crippen LogP contribution in [0.4, 0.5) is 0 Å². The molecule has 0 radical (unpaired) electrons. The van der Waals surface area contributed by atoms with Crippen molar-refractivity contribution >= 4 is 23.1 Å². The maximum absolute atomic E-state index is 11.8. The Morgan fingerprint density at radius 1 is 1.24 bits per heavy atom. The van der Waals surface area contributed by atoms with E-state index in [1.807, 2.05) is 30.3 Å². The number of carbonyl (C=O) groups is 2. The predicted octanol–water partition coefficient (Wildman–Crippen LogP) is 3.04. The van der Waals surface area contributed by atoms with E-state index in [1.165, 1.54) is 17.4 Å². The van der Waals surface area contributed by atoms with E-state index < -0.39 is 5.97 Å². The zero-order valence-electron chi connectivity index (χ0n) is 11.6. The van der Waals surface area contributed by atoms with Crippen LogP contribution in [0.1, 0.15) is 11.8 Å². The van der Waals surface area contributed by atoms with Gasteiger partial charge in [0.05, 0.1) is 6.61 Å². The SMILES string of the molecule is CCOC(=O)/C=C/C(=O)Cc1cnc(-c2ccccc2)s1. The first-order valence-corrected chi connectivity index (χ1v) is 7.38. The monoisotopic (exact) mass is 301 g/mol. The highest BCUT2D eigenvalue weighted by Crippen LogP contribution is 2.25. The molecule has 0 N–H and O–H groups in total. The number of rotatable bonds is 6. The molecule has 2 aromatic rings. The molecule has 0 fully saturated rings. The van der Waals surface area contributed by atoms with Crippen LogP contribution in [0, 0.1) is 0 Å². The van der Waals surface area contributed by atoms with Crippen LogP contribution in [0.3, 0.4) is 0 Å². The third-order valence-electron chi connectivity index (χ3n) is 2.61. The fraction of sp³-hybridized carbons (Fsp3) is 0.188. The molecule has 0 amide bonds. The van der Waals surface area contributed by atoms with Crippen molar-refractivity contribution in [3.05, 3.63) is 53.6 Å². The van der Waals surface area contributed by atoms with Crippen molar-refractivity contribution in [3.8, 4) is 10.6 Å². The van der Waals surface area contributed by atoms with E-state index in [1.54, 1.807) is 13.1 Å². The fourth-order valence-electron chi connectivity index (χ4n) is 1.69. The number of hydrogen-bond donors (Lipinski definition) is 0. The summed E-state index contributed by atoms with van der Waals surface area (Å²) in [6, 6.07) is 9.80. The summed E-state index contributed by atoms with van der Waals surface area (Å²) in [5.74, 6) is -0.647. The molecule has 0 atom stereocenters. The zero-order chi connectivity index (χ0) is 15.1. The number of ketones is 1. The fourth-order valence-corrected chi connectivity index (χ4v) is 2.61. The molecular formula is C16H15NO3S. The van der Waals surface area contributed by atoms with Crippen molar-refractivity contribution in [2.24, 2.45) is 0 Å². The summed E-state index contributed by atoms with van der Waals surface area (Å²) in [5.41, 5.74) is 1.03. The molecule has 0 spiro atoms. The second kappa shape index (κ2) is 7.50. The van der Waals surface area contributed by atoms with E-state index in [2.05, 4.69) is 4.98 Å². The Balaban J connectivity index is 1.97. The van der Waals surface area contributed by atoms with Crippen molar-refractivity contribution in [2.45, 2.75) is 13.3 Å². The van der Waals surface area contributed by atoms with E-state index in [4.69, 9.17) is 4.74 Å². The van der Waals surface area contributed by atoms with Gasteiger partial charge in [-0.25, -0.2) is 9.78 Å². The van der Waals surface area contributed by atoms with Gasteiger partial charge in [-0.2, -0.15) is 0 Å². The molecule has 1 aromatic carbocycles. The van der Waals surface area contributed by atoms with Crippen LogP contribution in [0.2, 0.25) is 0 Å². The van der Waals surface area contributed by atoms with E-state index in [-0.39, 0.29) is 12.2 Å². The van der Waals surface area contributed by atoms with Gasteiger partial charge in [-0.3, -0.25) is 4.79 Å². The molecule has 0 saturated carbocycles. The van der Waals surface area contributed by atoms with Crippen LogP contribution in [-0.4, -0.2) is 23.3 Å². The standard InChI is InChI=1S/C16H15NO3S/c1-2-20-15(19)9-8-13(18)10-14-11-17-16(21-14)12-6-4-3-5-7-12/h3-9,11H,2,10H2,1H3/b9-8+. The number of carbonyl (C=O) groups excluding carboxylic acids is 2. The average Bonchev–Trinajstić information content (AvgIpc) is 2.95. The van der Waals surface area contributed by atoms with Gasteiger partial charge in [0.25, 0.3) is 0 Å². The first-order valence-electron chi connectivity index (χ1n) is 6.57. The summed E-state index contributed by atoms with van der Waals surface area (Å²) in [5, 5.41) is 0.882. The molecule has 21 heavy (non-hydrogen) atoms. The smallest absolute Gasteiger partial charge is 0.330 e. The number of ether oxygens (including phenoxy) is 1. The van der Waals surface area contributed by atoms with E-state index in [0.717, 1.165) is 21.5 Å². The second-order valence-corrected chi connectivity index (χ2v) is 5.34. The van der Waals surface area contributed by atoms with Crippen molar-refractivity contribution in [2.75, 3.05) is 6.61 Å². The third-order valence-corrected chi connectivity index (χ3v) is 3.66. The molecule has 0 aliphatic carbocycles. The molecule has 1 aromatic heterocycles. The van der Waals surface area contributed by atoms with Gasteiger partial charge in [0.1, 0.15) is 5.01 Å². The van der Waals surface area contributed by atoms with Crippen molar-refractivity contribution in [3.63, 3.8) is 0 Å². The first kappa shape index (κ1) is 15.1. The maximum atomic E-state index is 11.8. The second-order valence-electron chi connectivity index (χ2n) is 4.23. The number of allylic oxidation sites excluding steroid dienone is 1. The van der Waals surface area contributed by atoms with Crippen molar-refractivity contribution in [1.29, 1.82) is 0 Å². The van der Waals surface area contributed by atoms with Gasteiger partial charge >= 0.3 is 5.97 Å². The summed E-state index contributed by atoms with van der Waals surface area (Å²) in [7, 11) is 0. The average molecular weight is 301 g/mol. The zero-order valence-corrected chi connectivity index (χ0v) is 12.4. The number of aromatic nitrogens is 1. The van der Waals surface area contributed by atoms with Crippen LogP contribution in [0.15, 0.2) is 48.7 Å². The number of nitrogens with zero attached hydrogens (tertiary/aromatic N) is 1. The largest absolute Gasteiger partial charge is 0.463 e. The molecule has 4 nitrogen and oxygen atoms in total. The molecule has 5 heteroatoms. The predicted molar refractivity (Wildman–Crippen MR) is 82.0 cm³/mol. The highest BCUT2D eigenvalue weighted by atomic mass is 32.1. The van der Waals surface area contributed by atoms with Crippen LogP contribution in [0.5, 0.6) is 0 Å². The van der Waals surface area contributed by atoms with Gasteiger partial charge in [0.2, 0.25) is 0 Å². The van der Waals surface area contributed by atoms with Crippen LogP contribution in [-0.2, 0) is 20.7 Å². The molecule has 0 unspecified atom stereocenters. The summed E-state index contributed by atoms with van der Waals surface area (Å²) in [6.07, 6.45) is 4.34. The lowest BCUT2D eigenvalue weighted by molar-refractivity contribution is -0.137. The number of esters is 1. The molecule has 2 rings (SSSR count). The Labute approximate surface area is 127 Å². The van der Waals surface area contributed by atoms with Gasteiger partial charge in [0.15, 0.2) is 5.78 Å². The summed E-state index contributed by atoms with van der Waals surface area (Å²) < 4.78 is 4.72. The van der Waals surface area contributed by atoms with Gasteiger partial charge in [-0.15, -0.1) is 11.3 Å².